The van der Waals surface area contributed by atoms with E-state index >= 15 is 0 Å². The van der Waals surface area contributed by atoms with Gasteiger partial charge in [-0.3, -0.25) is 4.99 Å². The molecule has 2 aromatic heterocycles. The van der Waals surface area contributed by atoms with Crippen molar-refractivity contribution in [1.82, 2.24) is 35.2 Å². The lowest BCUT2D eigenvalue weighted by Gasteiger charge is -2.25. The summed E-state index contributed by atoms with van der Waals surface area (Å²) in [5, 5.41) is 15.9. The molecule has 9 heteroatoms. The molecule has 0 radical (unpaired) electrons. The van der Waals surface area contributed by atoms with E-state index in [9.17, 15) is 0 Å². The van der Waals surface area contributed by atoms with Crippen molar-refractivity contribution in [2.45, 2.75) is 38.5 Å². The van der Waals surface area contributed by atoms with Crippen LogP contribution in [0.3, 0.4) is 0 Å². The highest BCUT2D eigenvalue weighted by molar-refractivity contribution is 5.79. The Morgan fingerprint density at radius 2 is 2.17 bits per heavy atom. The Kier molecular flexibility index (Phi) is 6.38. The number of methoxy groups -OCH3 is 1. The molecule has 0 bridgehead atoms. The van der Waals surface area contributed by atoms with Gasteiger partial charge in [0.05, 0.1) is 18.4 Å². The summed E-state index contributed by atoms with van der Waals surface area (Å²) < 4.78 is 9.01. The molecule has 0 fully saturated rings. The first-order valence-electron chi connectivity index (χ1n) is 10.2. The molecule has 3 aromatic rings. The Labute approximate surface area is 176 Å². The fourth-order valence-electron chi connectivity index (χ4n) is 3.59. The average Bonchev–Trinajstić information content (AvgIpc) is 3.40. The summed E-state index contributed by atoms with van der Waals surface area (Å²) >= 11 is 0. The molecule has 4 rings (SSSR count). The van der Waals surface area contributed by atoms with E-state index in [0.29, 0.717) is 6.61 Å². The summed E-state index contributed by atoms with van der Waals surface area (Å²) in [6.07, 6.45) is 6.74. The Balaban J connectivity index is 1.26. The summed E-state index contributed by atoms with van der Waals surface area (Å²) in [4.78, 5) is 8.89. The lowest BCUT2D eigenvalue weighted by atomic mass is 10.1. The highest BCUT2D eigenvalue weighted by atomic mass is 16.5. The van der Waals surface area contributed by atoms with E-state index in [2.05, 4.69) is 37.0 Å². The molecule has 2 N–H and O–H groups in total. The van der Waals surface area contributed by atoms with Crippen molar-refractivity contribution in [2.24, 2.45) is 4.99 Å². The zero-order valence-corrected chi connectivity index (χ0v) is 17.5. The standard InChI is InChI=1S/C21H28N8O/c1-22-21(25-17-8-9-20-26-19(15-30-2)27-29(20)14-17)23-11-10-16-12-24-28(13-16)18-6-4-3-5-7-18/h3-7,12-13,17H,8-11,14-15H2,1-2H3,(H2,22,23,25). The maximum atomic E-state index is 5.13. The van der Waals surface area contributed by atoms with E-state index in [1.807, 2.05) is 45.9 Å². The van der Waals surface area contributed by atoms with Crippen LogP contribution in [0, 0.1) is 0 Å². The van der Waals surface area contributed by atoms with Gasteiger partial charge in [-0.1, -0.05) is 18.2 Å². The van der Waals surface area contributed by atoms with Gasteiger partial charge < -0.3 is 15.4 Å². The highest BCUT2D eigenvalue weighted by Crippen LogP contribution is 2.13. The molecular formula is C21H28N8O. The number of hydrogen-bond acceptors (Lipinski definition) is 5. The quantitative estimate of drug-likeness (QED) is 0.453. The van der Waals surface area contributed by atoms with Gasteiger partial charge in [0.2, 0.25) is 0 Å². The molecule has 158 valence electrons. The first-order chi connectivity index (χ1) is 14.7. The first-order valence-corrected chi connectivity index (χ1v) is 10.2. The molecular weight excluding hydrogens is 380 g/mol. The predicted molar refractivity (Wildman–Crippen MR) is 115 cm³/mol. The number of aromatic nitrogens is 5. The smallest absolute Gasteiger partial charge is 0.191 e. The van der Waals surface area contributed by atoms with Crippen LogP contribution < -0.4 is 10.6 Å². The van der Waals surface area contributed by atoms with Crippen LogP contribution in [0.5, 0.6) is 0 Å². The number of para-hydroxylation sites is 1. The molecule has 0 amide bonds. The van der Waals surface area contributed by atoms with E-state index < -0.39 is 0 Å². The zero-order chi connectivity index (χ0) is 20.8. The lowest BCUT2D eigenvalue weighted by molar-refractivity contribution is 0.177. The van der Waals surface area contributed by atoms with Crippen molar-refractivity contribution in [3.8, 4) is 5.69 Å². The minimum Gasteiger partial charge on any atom is -0.377 e. The predicted octanol–water partition coefficient (Wildman–Crippen LogP) is 1.33. The second kappa shape index (κ2) is 9.53. The maximum absolute atomic E-state index is 5.13. The van der Waals surface area contributed by atoms with Crippen molar-refractivity contribution in [1.29, 1.82) is 0 Å². The molecule has 9 nitrogen and oxygen atoms in total. The van der Waals surface area contributed by atoms with Crippen molar-refractivity contribution in [3.63, 3.8) is 0 Å². The normalized spacial score (nSPS) is 16.3. The number of benzene rings is 1. The van der Waals surface area contributed by atoms with Gasteiger partial charge in [-0.15, -0.1) is 0 Å². The molecule has 30 heavy (non-hydrogen) atoms. The Bertz CT molecular complexity index is 978. The Hall–Kier alpha value is -3.20. The molecule has 1 aliphatic heterocycles. The van der Waals surface area contributed by atoms with Crippen LogP contribution in [0.25, 0.3) is 5.69 Å². The van der Waals surface area contributed by atoms with Crippen LogP contribution in [-0.4, -0.2) is 57.2 Å². The maximum Gasteiger partial charge on any atom is 0.191 e. The summed E-state index contributed by atoms with van der Waals surface area (Å²) in [5.41, 5.74) is 2.24. The van der Waals surface area contributed by atoms with Gasteiger partial charge in [-0.2, -0.15) is 10.2 Å². The van der Waals surface area contributed by atoms with Gasteiger partial charge in [-0.25, -0.2) is 14.3 Å². The summed E-state index contributed by atoms with van der Waals surface area (Å²) in [6, 6.07) is 10.4. The number of rotatable bonds is 7. The molecule has 0 aliphatic carbocycles. The van der Waals surface area contributed by atoms with Crippen LogP contribution in [0.2, 0.25) is 0 Å². The topological polar surface area (TPSA) is 94.2 Å². The second-order valence-electron chi connectivity index (χ2n) is 7.32. The number of nitrogens with one attached hydrogen (secondary N) is 2. The Morgan fingerprint density at radius 1 is 1.30 bits per heavy atom. The van der Waals surface area contributed by atoms with E-state index in [1.165, 1.54) is 5.56 Å². The second-order valence-corrected chi connectivity index (χ2v) is 7.32. The number of aliphatic imine (C=N–C) groups is 1. The van der Waals surface area contributed by atoms with Gasteiger partial charge in [0, 0.05) is 39.4 Å². The molecule has 3 heterocycles. The third-order valence-electron chi connectivity index (χ3n) is 5.10. The molecule has 1 aromatic carbocycles. The number of ether oxygens (including phenoxy) is 1. The lowest BCUT2D eigenvalue weighted by Crippen LogP contribution is -2.47. The highest BCUT2D eigenvalue weighted by Gasteiger charge is 2.22. The molecule has 0 spiro atoms. The fraction of sp³-hybridized carbons (Fsp3) is 0.429. The van der Waals surface area contributed by atoms with Crippen molar-refractivity contribution >= 4 is 5.96 Å². The molecule has 0 saturated heterocycles. The van der Waals surface area contributed by atoms with Crippen LogP contribution in [0.1, 0.15) is 23.6 Å². The van der Waals surface area contributed by atoms with Gasteiger partial charge in [0.25, 0.3) is 0 Å². The molecule has 1 unspecified atom stereocenters. The van der Waals surface area contributed by atoms with Crippen LogP contribution in [0.4, 0.5) is 0 Å². The van der Waals surface area contributed by atoms with Crippen LogP contribution >= 0.6 is 0 Å². The van der Waals surface area contributed by atoms with E-state index in [1.54, 1.807) is 14.2 Å². The third-order valence-corrected chi connectivity index (χ3v) is 5.10. The minimum absolute atomic E-state index is 0.265. The van der Waals surface area contributed by atoms with Gasteiger partial charge >= 0.3 is 0 Å². The average molecular weight is 409 g/mol. The zero-order valence-electron chi connectivity index (χ0n) is 17.5. The number of fused-ring (bicyclic) bond motifs is 1. The molecule has 0 saturated carbocycles. The first kappa shape index (κ1) is 20.1. The fourth-order valence-corrected chi connectivity index (χ4v) is 3.59. The SMILES string of the molecule is CN=C(NCCc1cnn(-c2ccccc2)c1)NC1CCc2nc(COC)nn2C1. The van der Waals surface area contributed by atoms with Crippen LogP contribution in [0.15, 0.2) is 47.7 Å². The van der Waals surface area contributed by atoms with E-state index in [-0.39, 0.29) is 6.04 Å². The summed E-state index contributed by atoms with van der Waals surface area (Å²) in [5.74, 6) is 2.57. The van der Waals surface area contributed by atoms with E-state index in [0.717, 1.165) is 55.6 Å². The summed E-state index contributed by atoms with van der Waals surface area (Å²) in [7, 11) is 3.45. The van der Waals surface area contributed by atoms with Crippen LogP contribution in [-0.2, 0) is 30.7 Å². The van der Waals surface area contributed by atoms with Crippen molar-refractivity contribution in [2.75, 3.05) is 20.7 Å². The van der Waals surface area contributed by atoms with Crippen molar-refractivity contribution < 1.29 is 4.74 Å². The molecule has 1 atom stereocenters. The van der Waals surface area contributed by atoms with Gasteiger partial charge in [0.1, 0.15) is 12.4 Å². The van der Waals surface area contributed by atoms with Gasteiger partial charge in [-0.05, 0) is 30.5 Å². The minimum atomic E-state index is 0.265. The molecule has 1 aliphatic rings. The number of aryl methyl sites for hydroxylation is 1. The Morgan fingerprint density at radius 3 is 2.97 bits per heavy atom. The third kappa shape index (κ3) is 4.85. The number of hydrogen-bond donors (Lipinski definition) is 2. The largest absolute Gasteiger partial charge is 0.377 e. The van der Waals surface area contributed by atoms with E-state index in [4.69, 9.17) is 4.74 Å². The van der Waals surface area contributed by atoms with Crippen molar-refractivity contribution in [3.05, 3.63) is 59.9 Å². The summed E-state index contributed by atoms with van der Waals surface area (Å²) in [6.45, 7) is 2.00. The number of guanidine groups is 1. The monoisotopic (exact) mass is 408 g/mol. The van der Waals surface area contributed by atoms with Gasteiger partial charge in [0.15, 0.2) is 11.8 Å². The number of nitrogens with zero attached hydrogens (tertiary/aromatic N) is 6.